The highest BCUT2D eigenvalue weighted by Crippen LogP contribution is 2.30. The second-order valence-electron chi connectivity index (χ2n) is 7.08. The molecule has 2 aliphatic rings. The van der Waals surface area contributed by atoms with Gasteiger partial charge >= 0.3 is 0 Å². The van der Waals surface area contributed by atoms with Gasteiger partial charge in [-0.15, -0.1) is 0 Å². The van der Waals surface area contributed by atoms with Crippen LogP contribution in [0.5, 0.6) is 17.2 Å². The lowest BCUT2D eigenvalue weighted by atomic mass is 10.2. The fraction of sp³-hybridized carbons (Fsp3) is 0.381. The molecule has 4 rings (SSSR count). The van der Waals surface area contributed by atoms with E-state index in [1.807, 2.05) is 36.4 Å². The van der Waals surface area contributed by atoms with Crippen LogP contribution in [0.4, 0.5) is 5.69 Å². The first-order chi connectivity index (χ1) is 13.7. The summed E-state index contributed by atoms with van der Waals surface area (Å²) in [7, 11) is 0. The third-order valence-corrected chi connectivity index (χ3v) is 5.05. The average Bonchev–Trinajstić information content (AvgIpc) is 2.73. The Labute approximate surface area is 164 Å². The van der Waals surface area contributed by atoms with E-state index in [9.17, 15) is 9.90 Å². The number of phenolic OH excluding ortho intramolecular Hbond substituents is 1. The molecule has 1 amide bonds. The molecule has 1 atom stereocenters. The molecule has 2 aromatic carbocycles. The molecule has 7 nitrogen and oxygen atoms in total. The first kappa shape index (κ1) is 18.4. The molecule has 0 bridgehead atoms. The highest BCUT2D eigenvalue weighted by atomic mass is 16.6. The lowest BCUT2D eigenvalue weighted by molar-refractivity contribution is -0.122. The summed E-state index contributed by atoms with van der Waals surface area (Å²) < 4.78 is 11.5. The summed E-state index contributed by atoms with van der Waals surface area (Å²) in [5.74, 6) is 1.74. The first-order valence-corrected chi connectivity index (χ1v) is 9.59. The van der Waals surface area contributed by atoms with E-state index in [2.05, 4.69) is 15.1 Å². The van der Waals surface area contributed by atoms with Gasteiger partial charge in [-0.1, -0.05) is 12.1 Å². The van der Waals surface area contributed by atoms with Crippen LogP contribution in [0, 0.1) is 0 Å². The van der Waals surface area contributed by atoms with Gasteiger partial charge in [0.15, 0.2) is 11.5 Å². The van der Waals surface area contributed by atoms with Gasteiger partial charge in [-0.2, -0.15) is 0 Å². The van der Waals surface area contributed by atoms with Crippen LogP contribution in [0.3, 0.4) is 0 Å². The summed E-state index contributed by atoms with van der Waals surface area (Å²) in [6.07, 6.45) is -0.176. The molecular weight excluding hydrogens is 358 g/mol. The monoisotopic (exact) mass is 383 g/mol. The maximum Gasteiger partial charge on any atom is 0.234 e. The number of hydrogen-bond acceptors (Lipinski definition) is 6. The topological polar surface area (TPSA) is 74.3 Å². The summed E-state index contributed by atoms with van der Waals surface area (Å²) in [6, 6.07) is 14.8. The molecule has 0 saturated carbocycles. The van der Waals surface area contributed by atoms with Gasteiger partial charge in [0.1, 0.15) is 18.5 Å². The molecule has 0 aliphatic carbocycles. The van der Waals surface area contributed by atoms with E-state index in [0.717, 1.165) is 43.4 Å². The van der Waals surface area contributed by atoms with Crippen molar-refractivity contribution < 1.29 is 19.4 Å². The molecule has 0 spiro atoms. The number of nitrogens with zero attached hydrogens (tertiary/aromatic N) is 2. The number of ether oxygens (including phenoxy) is 2. The van der Waals surface area contributed by atoms with Crippen molar-refractivity contribution in [3.8, 4) is 17.2 Å². The van der Waals surface area contributed by atoms with Crippen molar-refractivity contribution in [3.05, 3.63) is 48.5 Å². The quantitative estimate of drug-likeness (QED) is 0.815. The van der Waals surface area contributed by atoms with Crippen LogP contribution >= 0.6 is 0 Å². The Hall–Kier alpha value is -2.93. The van der Waals surface area contributed by atoms with Gasteiger partial charge in [0.05, 0.1) is 13.1 Å². The molecular formula is C21H25N3O4. The van der Waals surface area contributed by atoms with E-state index in [-0.39, 0.29) is 17.8 Å². The molecule has 0 radical (unpaired) electrons. The van der Waals surface area contributed by atoms with Crippen LogP contribution in [-0.2, 0) is 4.79 Å². The van der Waals surface area contributed by atoms with Crippen molar-refractivity contribution in [3.63, 3.8) is 0 Å². The zero-order valence-corrected chi connectivity index (χ0v) is 15.7. The van der Waals surface area contributed by atoms with Crippen molar-refractivity contribution >= 4 is 11.6 Å². The van der Waals surface area contributed by atoms with Crippen molar-refractivity contribution in [2.75, 3.05) is 50.8 Å². The molecule has 28 heavy (non-hydrogen) atoms. The highest BCUT2D eigenvalue weighted by molar-refractivity contribution is 5.78. The van der Waals surface area contributed by atoms with E-state index >= 15 is 0 Å². The van der Waals surface area contributed by atoms with Crippen LogP contribution in [0.2, 0.25) is 0 Å². The molecule has 1 saturated heterocycles. The molecule has 2 N–H and O–H groups in total. The fourth-order valence-electron chi connectivity index (χ4n) is 3.48. The van der Waals surface area contributed by atoms with E-state index in [4.69, 9.17) is 9.47 Å². The summed E-state index contributed by atoms with van der Waals surface area (Å²) in [5.41, 5.74) is 1.09. The molecule has 148 valence electrons. The molecule has 2 aromatic rings. The third-order valence-electron chi connectivity index (χ3n) is 5.05. The first-order valence-electron chi connectivity index (χ1n) is 9.59. The Bertz CT molecular complexity index is 804. The lowest BCUT2D eigenvalue weighted by Crippen LogP contribution is -2.50. The molecule has 0 aromatic heterocycles. The smallest absolute Gasteiger partial charge is 0.234 e. The zero-order valence-electron chi connectivity index (χ0n) is 15.7. The number of benzene rings is 2. The number of hydrogen-bond donors (Lipinski definition) is 2. The number of aromatic hydroxyl groups is 1. The number of anilines is 1. The summed E-state index contributed by atoms with van der Waals surface area (Å²) >= 11 is 0. The number of carbonyl (C=O) groups excluding carboxylic acids is 1. The molecule has 1 fully saturated rings. The van der Waals surface area contributed by atoms with Gasteiger partial charge in [0, 0.05) is 31.9 Å². The van der Waals surface area contributed by atoms with Gasteiger partial charge in [-0.3, -0.25) is 9.69 Å². The van der Waals surface area contributed by atoms with Gasteiger partial charge in [0.2, 0.25) is 5.91 Å². The average molecular weight is 383 g/mol. The molecule has 1 unspecified atom stereocenters. The van der Waals surface area contributed by atoms with Crippen molar-refractivity contribution in [1.82, 2.24) is 10.2 Å². The maximum absolute atomic E-state index is 12.3. The Morgan fingerprint density at radius 1 is 1.04 bits per heavy atom. The van der Waals surface area contributed by atoms with Crippen LogP contribution < -0.4 is 19.7 Å². The predicted octanol–water partition coefficient (Wildman–Crippen LogP) is 1.47. The minimum atomic E-state index is -0.176. The van der Waals surface area contributed by atoms with Crippen LogP contribution in [0.25, 0.3) is 0 Å². The number of fused-ring (bicyclic) bond motifs is 1. The summed E-state index contributed by atoms with van der Waals surface area (Å²) in [4.78, 5) is 16.7. The Kier molecular flexibility index (Phi) is 5.53. The molecule has 2 heterocycles. The number of carbonyl (C=O) groups is 1. The lowest BCUT2D eigenvalue weighted by Gasteiger charge is -2.35. The second-order valence-corrected chi connectivity index (χ2v) is 7.08. The minimum Gasteiger partial charge on any atom is -0.508 e. The fourth-order valence-corrected chi connectivity index (χ4v) is 3.48. The predicted molar refractivity (Wildman–Crippen MR) is 106 cm³/mol. The summed E-state index contributed by atoms with van der Waals surface area (Å²) in [6.45, 7) is 4.61. The standard InChI is InChI=1S/C21H25N3O4/c25-17-7-5-16(6-8-17)24-11-9-23(10-12-24)14-21(26)22-13-18-15-27-19-3-1-2-4-20(19)28-18/h1-8,18,25H,9-15H2,(H,22,26). The zero-order chi connectivity index (χ0) is 19.3. The van der Waals surface area contributed by atoms with E-state index in [1.165, 1.54) is 0 Å². The van der Waals surface area contributed by atoms with Gasteiger partial charge in [0.25, 0.3) is 0 Å². The van der Waals surface area contributed by atoms with Crippen LogP contribution in [0.15, 0.2) is 48.5 Å². The van der Waals surface area contributed by atoms with Crippen LogP contribution in [-0.4, -0.2) is 67.9 Å². The summed E-state index contributed by atoms with van der Waals surface area (Å²) in [5, 5.41) is 12.4. The number of amides is 1. The number of para-hydroxylation sites is 2. The Morgan fingerprint density at radius 2 is 1.75 bits per heavy atom. The third kappa shape index (κ3) is 4.48. The second kappa shape index (κ2) is 8.39. The molecule has 7 heteroatoms. The highest BCUT2D eigenvalue weighted by Gasteiger charge is 2.23. The van der Waals surface area contributed by atoms with Gasteiger partial charge < -0.3 is 24.8 Å². The SMILES string of the molecule is O=C(CN1CCN(c2ccc(O)cc2)CC1)NCC1COc2ccccc2O1. The maximum atomic E-state index is 12.3. The van der Waals surface area contributed by atoms with Gasteiger partial charge in [-0.05, 0) is 36.4 Å². The number of piperazine rings is 1. The van der Waals surface area contributed by atoms with E-state index in [1.54, 1.807) is 12.1 Å². The van der Waals surface area contributed by atoms with Crippen molar-refractivity contribution in [1.29, 1.82) is 0 Å². The number of rotatable bonds is 5. The van der Waals surface area contributed by atoms with Gasteiger partial charge in [-0.25, -0.2) is 0 Å². The Morgan fingerprint density at radius 3 is 2.50 bits per heavy atom. The number of phenols is 1. The van der Waals surface area contributed by atoms with Crippen LogP contribution in [0.1, 0.15) is 0 Å². The van der Waals surface area contributed by atoms with E-state index in [0.29, 0.717) is 19.7 Å². The minimum absolute atomic E-state index is 0.000502. The van der Waals surface area contributed by atoms with Crippen molar-refractivity contribution in [2.45, 2.75) is 6.10 Å². The van der Waals surface area contributed by atoms with E-state index < -0.39 is 0 Å². The number of nitrogens with one attached hydrogen (secondary N) is 1. The largest absolute Gasteiger partial charge is 0.508 e. The normalized spacial score (nSPS) is 19.3. The Balaban J connectivity index is 1.19. The molecule has 2 aliphatic heterocycles. The van der Waals surface area contributed by atoms with Crippen molar-refractivity contribution in [2.24, 2.45) is 0 Å².